The van der Waals surface area contributed by atoms with Crippen LogP contribution in [0, 0.1) is 0 Å². The average molecular weight is 369 g/mol. The van der Waals surface area contributed by atoms with Crippen molar-refractivity contribution < 1.29 is 9.90 Å². The minimum atomic E-state index is -0.0227. The van der Waals surface area contributed by atoms with Crippen molar-refractivity contribution in [1.29, 1.82) is 0 Å². The van der Waals surface area contributed by atoms with Gasteiger partial charge in [-0.15, -0.1) is 0 Å². The standard InChI is InChI=1S/C22H44N2O2/c1-2-3-4-5-6-7-8-9-10-11-12-13-14-15-16-17-22(26)24-19-18-23-20-21-25/h16-17,23,25H,2-15,18-21H2,1H3,(H,24,26). The number of carbonyl (C=O) groups excluding carboxylic acids is 1. The molecule has 0 aromatic carbocycles. The molecule has 26 heavy (non-hydrogen) atoms. The van der Waals surface area contributed by atoms with E-state index in [1.807, 2.05) is 6.08 Å². The molecule has 0 atom stereocenters. The van der Waals surface area contributed by atoms with E-state index in [2.05, 4.69) is 17.6 Å². The average Bonchev–Trinajstić information content (AvgIpc) is 2.64. The Balaban J connectivity index is 3.19. The SMILES string of the molecule is CCCCCCCCCCCCCCCC=CC(=O)NCCNCCO. The van der Waals surface area contributed by atoms with Gasteiger partial charge in [0.1, 0.15) is 0 Å². The van der Waals surface area contributed by atoms with Crippen LogP contribution in [0.4, 0.5) is 0 Å². The Morgan fingerprint density at radius 3 is 1.85 bits per heavy atom. The van der Waals surface area contributed by atoms with Gasteiger partial charge in [-0.25, -0.2) is 0 Å². The van der Waals surface area contributed by atoms with Crippen LogP contribution in [0.15, 0.2) is 12.2 Å². The number of carbonyl (C=O) groups is 1. The first kappa shape index (κ1) is 25.1. The summed E-state index contributed by atoms with van der Waals surface area (Å²) in [6.07, 6.45) is 22.4. The van der Waals surface area contributed by atoms with E-state index in [-0.39, 0.29) is 12.5 Å². The van der Waals surface area contributed by atoms with E-state index in [4.69, 9.17) is 5.11 Å². The lowest BCUT2D eigenvalue weighted by atomic mass is 10.0. The molecule has 0 aliphatic heterocycles. The molecule has 0 spiro atoms. The van der Waals surface area contributed by atoms with Gasteiger partial charge in [-0.3, -0.25) is 4.79 Å². The molecule has 1 amide bonds. The number of hydrogen-bond donors (Lipinski definition) is 3. The Hall–Kier alpha value is -0.870. The van der Waals surface area contributed by atoms with Crippen LogP contribution in [0.3, 0.4) is 0 Å². The van der Waals surface area contributed by atoms with E-state index in [0.717, 1.165) is 6.42 Å². The van der Waals surface area contributed by atoms with Gasteiger partial charge in [0.2, 0.25) is 5.91 Å². The molecule has 0 radical (unpaired) electrons. The van der Waals surface area contributed by atoms with Gasteiger partial charge in [-0.05, 0) is 18.9 Å². The van der Waals surface area contributed by atoms with Crippen LogP contribution >= 0.6 is 0 Å². The minimum Gasteiger partial charge on any atom is -0.395 e. The summed E-state index contributed by atoms with van der Waals surface area (Å²) in [4.78, 5) is 11.5. The lowest BCUT2D eigenvalue weighted by molar-refractivity contribution is -0.116. The lowest BCUT2D eigenvalue weighted by Gasteiger charge is -2.03. The molecular weight excluding hydrogens is 324 g/mol. The number of allylic oxidation sites excluding steroid dienone is 1. The molecule has 0 aliphatic rings. The van der Waals surface area contributed by atoms with Crippen molar-refractivity contribution in [2.75, 3.05) is 26.2 Å². The third-order valence-corrected chi connectivity index (χ3v) is 4.63. The number of rotatable bonds is 20. The zero-order chi connectivity index (χ0) is 19.1. The summed E-state index contributed by atoms with van der Waals surface area (Å²) in [5.74, 6) is -0.0227. The van der Waals surface area contributed by atoms with Gasteiger partial charge in [0.15, 0.2) is 0 Å². The van der Waals surface area contributed by atoms with Gasteiger partial charge in [0.05, 0.1) is 6.61 Å². The first-order valence-electron chi connectivity index (χ1n) is 11.1. The molecule has 0 aromatic heterocycles. The topological polar surface area (TPSA) is 61.4 Å². The molecule has 4 nitrogen and oxygen atoms in total. The van der Waals surface area contributed by atoms with Crippen molar-refractivity contribution >= 4 is 5.91 Å². The first-order valence-corrected chi connectivity index (χ1v) is 11.1. The van der Waals surface area contributed by atoms with Crippen LogP contribution in [0.1, 0.15) is 96.8 Å². The summed E-state index contributed by atoms with van der Waals surface area (Å²) in [6.45, 7) is 4.27. The quantitative estimate of drug-likeness (QED) is 0.215. The van der Waals surface area contributed by atoms with Gasteiger partial charge in [-0.2, -0.15) is 0 Å². The van der Waals surface area contributed by atoms with E-state index < -0.39 is 0 Å². The zero-order valence-electron chi connectivity index (χ0n) is 17.2. The Kier molecular flexibility index (Phi) is 21.4. The maximum atomic E-state index is 11.5. The summed E-state index contributed by atoms with van der Waals surface area (Å²) in [5, 5.41) is 14.5. The van der Waals surface area contributed by atoms with Crippen LogP contribution in [0.25, 0.3) is 0 Å². The Morgan fingerprint density at radius 2 is 1.31 bits per heavy atom. The van der Waals surface area contributed by atoms with Gasteiger partial charge in [0.25, 0.3) is 0 Å². The first-order chi connectivity index (χ1) is 12.8. The number of amides is 1. The third kappa shape index (κ3) is 21.2. The van der Waals surface area contributed by atoms with E-state index in [9.17, 15) is 4.79 Å². The molecule has 0 saturated heterocycles. The Bertz CT molecular complexity index is 319. The molecular formula is C22H44N2O2. The molecule has 0 fully saturated rings. The van der Waals surface area contributed by atoms with E-state index in [1.165, 1.54) is 83.5 Å². The Morgan fingerprint density at radius 1 is 0.769 bits per heavy atom. The Labute approximate surface area is 162 Å². The number of aliphatic hydroxyl groups excluding tert-OH is 1. The lowest BCUT2D eigenvalue weighted by Crippen LogP contribution is -2.31. The van der Waals surface area contributed by atoms with Crippen molar-refractivity contribution in [1.82, 2.24) is 10.6 Å². The molecule has 0 heterocycles. The fourth-order valence-electron chi connectivity index (χ4n) is 3.01. The molecule has 154 valence electrons. The maximum absolute atomic E-state index is 11.5. The van der Waals surface area contributed by atoms with Gasteiger partial charge in [-0.1, -0.05) is 90.0 Å². The normalized spacial score (nSPS) is 11.3. The fourth-order valence-corrected chi connectivity index (χ4v) is 3.01. The van der Waals surface area contributed by atoms with Crippen molar-refractivity contribution in [2.24, 2.45) is 0 Å². The van der Waals surface area contributed by atoms with E-state index >= 15 is 0 Å². The third-order valence-electron chi connectivity index (χ3n) is 4.63. The zero-order valence-corrected chi connectivity index (χ0v) is 17.2. The predicted molar refractivity (Wildman–Crippen MR) is 112 cm³/mol. The molecule has 3 N–H and O–H groups in total. The fraction of sp³-hybridized carbons (Fsp3) is 0.864. The number of nitrogens with one attached hydrogen (secondary N) is 2. The maximum Gasteiger partial charge on any atom is 0.243 e. The highest BCUT2D eigenvalue weighted by molar-refractivity contribution is 5.87. The summed E-state index contributed by atoms with van der Waals surface area (Å²) in [5.41, 5.74) is 0. The second-order valence-corrected chi connectivity index (χ2v) is 7.20. The highest BCUT2D eigenvalue weighted by Gasteiger charge is 1.95. The second-order valence-electron chi connectivity index (χ2n) is 7.20. The van der Waals surface area contributed by atoms with Crippen molar-refractivity contribution in [3.05, 3.63) is 12.2 Å². The molecule has 4 heteroatoms. The minimum absolute atomic E-state index is 0.0227. The highest BCUT2D eigenvalue weighted by atomic mass is 16.3. The second kappa shape index (κ2) is 22.2. The number of aliphatic hydroxyl groups is 1. The van der Waals surface area contributed by atoms with Crippen molar-refractivity contribution in [2.45, 2.75) is 96.8 Å². The largest absolute Gasteiger partial charge is 0.395 e. The van der Waals surface area contributed by atoms with Crippen LogP contribution in [0.5, 0.6) is 0 Å². The van der Waals surface area contributed by atoms with Gasteiger partial charge in [0, 0.05) is 19.6 Å². The molecule has 0 saturated carbocycles. The molecule has 0 rings (SSSR count). The van der Waals surface area contributed by atoms with E-state index in [1.54, 1.807) is 6.08 Å². The van der Waals surface area contributed by atoms with Crippen LogP contribution in [-0.2, 0) is 4.79 Å². The smallest absolute Gasteiger partial charge is 0.243 e. The summed E-state index contributed by atoms with van der Waals surface area (Å²) in [6, 6.07) is 0. The summed E-state index contributed by atoms with van der Waals surface area (Å²) < 4.78 is 0. The summed E-state index contributed by atoms with van der Waals surface area (Å²) in [7, 11) is 0. The molecule has 0 unspecified atom stereocenters. The van der Waals surface area contributed by atoms with Crippen LogP contribution in [-0.4, -0.2) is 37.3 Å². The van der Waals surface area contributed by atoms with Crippen molar-refractivity contribution in [3.8, 4) is 0 Å². The number of hydrogen-bond acceptors (Lipinski definition) is 3. The summed E-state index contributed by atoms with van der Waals surface area (Å²) >= 11 is 0. The van der Waals surface area contributed by atoms with Crippen molar-refractivity contribution in [3.63, 3.8) is 0 Å². The molecule has 0 aliphatic carbocycles. The predicted octanol–water partition coefficient (Wildman–Crippen LogP) is 4.72. The van der Waals surface area contributed by atoms with E-state index in [0.29, 0.717) is 19.6 Å². The molecule has 0 aromatic rings. The van der Waals surface area contributed by atoms with Crippen LogP contribution < -0.4 is 10.6 Å². The monoisotopic (exact) mass is 368 g/mol. The number of unbranched alkanes of at least 4 members (excludes halogenated alkanes) is 13. The van der Waals surface area contributed by atoms with Crippen LogP contribution in [0.2, 0.25) is 0 Å². The van der Waals surface area contributed by atoms with Gasteiger partial charge >= 0.3 is 0 Å². The van der Waals surface area contributed by atoms with Gasteiger partial charge < -0.3 is 15.7 Å². The highest BCUT2D eigenvalue weighted by Crippen LogP contribution is 2.12. The molecule has 0 bridgehead atoms.